The molecule has 10 rings (SSSR count). The Morgan fingerprint density at radius 1 is 0.333 bits per heavy atom. The van der Waals surface area contributed by atoms with E-state index in [2.05, 4.69) is 162 Å². The van der Waals surface area contributed by atoms with Crippen molar-refractivity contribution in [3.05, 3.63) is 182 Å². The highest BCUT2D eigenvalue weighted by Gasteiger charge is 2.19. The van der Waals surface area contributed by atoms with Crippen LogP contribution in [0.25, 0.3) is 94.3 Å². The highest BCUT2D eigenvalue weighted by Crippen LogP contribution is 2.40. The second kappa shape index (κ2) is 11.9. The molecule has 238 valence electrons. The van der Waals surface area contributed by atoms with Crippen LogP contribution in [0.15, 0.2) is 182 Å². The number of hydrogen-bond donors (Lipinski definition) is 0. The Bertz CT molecular complexity index is 2910. The molecule has 0 spiro atoms. The molecule has 0 unspecified atom stereocenters. The lowest BCUT2D eigenvalue weighted by Gasteiger charge is -2.15. The standard InChI is InChI=1S/C47H30N4/c1-3-14-31(15-4-1)34-19-13-20-35(30-34)46-48-45(33-17-5-2-6-18-33)49-47(50-46)39-27-29-42(38-23-10-9-22-37(38)39)51-41-25-12-11-24-40(41)44-36-21-8-7-16-32(36)26-28-43(44)51/h1-30H. The summed E-state index contributed by atoms with van der Waals surface area (Å²) in [5.41, 5.74) is 8.58. The molecule has 51 heavy (non-hydrogen) atoms. The molecule has 4 heteroatoms. The van der Waals surface area contributed by atoms with Crippen molar-refractivity contribution < 1.29 is 0 Å². The molecule has 4 nitrogen and oxygen atoms in total. The first-order valence-corrected chi connectivity index (χ1v) is 17.2. The van der Waals surface area contributed by atoms with Crippen LogP contribution in [0.3, 0.4) is 0 Å². The van der Waals surface area contributed by atoms with E-state index >= 15 is 0 Å². The number of fused-ring (bicyclic) bond motifs is 6. The van der Waals surface area contributed by atoms with Crippen molar-refractivity contribution in [2.24, 2.45) is 0 Å². The van der Waals surface area contributed by atoms with Gasteiger partial charge in [-0.3, -0.25) is 0 Å². The van der Waals surface area contributed by atoms with E-state index in [9.17, 15) is 0 Å². The summed E-state index contributed by atoms with van der Waals surface area (Å²) in [6.07, 6.45) is 0. The SMILES string of the molecule is c1ccc(-c2cccc(-c3nc(-c4ccccc4)nc(-c4ccc(-n5c6ccccc6c6c7ccccc7ccc65)c5ccccc45)n3)c2)cc1. The van der Waals surface area contributed by atoms with Crippen molar-refractivity contribution in [3.63, 3.8) is 0 Å². The maximum absolute atomic E-state index is 5.18. The Balaban J connectivity index is 1.20. The molecule has 0 bridgehead atoms. The average molecular weight is 651 g/mol. The number of para-hydroxylation sites is 1. The molecule has 0 aliphatic carbocycles. The predicted molar refractivity (Wildman–Crippen MR) is 211 cm³/mol. The molecule has 2 heterocycles. The van der Waals surface area contributed by atoms with Gasteiger partial charge in [-0.25, -0.2) is 15.0 Å². The van der Waals surface area contributed by atoms with Gasteiger partial charge in [0.25, 0.3) is 0 Å². The maximum Gasteiger partial charge on any atom is 0.164 e. The fourth-order valence-electron chi connectivity index (χ4n) is 7.48. The van der Waals surface area contributed by atoms with Crippen molar-refractivity contribution in [2.75, 3.05) is 0 Å². The molecule has 0 saturated carbocycles. The molecule has 0 amide bonds. The number of hydrogen-bond acceptors (Lipinski definition) is 3. The van der Waals surface area contributed by atoms with E-state index in [-0.39, 0.29) is 0 Å². The van der Waals surface area contributed by atoms with E-state index in [0.717, 1.165) is 44.3 Å². The van der Waals surface area contributed by atoms with Gasteiger partial charge in [-0.15, -0.1) is 0 Å². The number of rotatable bonds is 5. The predicted octanol–water partition coefficient (Wildman–Crippen LogP) is 11.9. The van der Waals surface area contributed by atoms with E-state index in [1.807, 2.05) is 24.3 Å². The monoisotopic (exact) mass is 650 g/mol. The summed E-state index contributed by atoms with van der Waals surface area (Å²) in [4.78, 5) is 15.3. The van der Waals surface area contributed by atoms with E-state index in [4.69, 9.17) is 15.0 Å². The van der Waals surface area contributed by atoms with Gasteiger partial charge in [0.05, 0.1) is 16.7 Å². The van der Waals surface area contributed by atoms with Crippen LogP contribution in [0.4, 0.5) is 0 Å². The van der Waals surface area contributed by atoms with Gasteiger partial charge in [-0.2, -0.15) is 0 Å². The molecule has 0 atom stereocenters. The highest BCUT2D eigenvalue weighted by molar-refractivity contribution is 6.22. The van der Waals surface area contributed by atoms with Gasteiger partial charge in [0, 0.05) is 32.8 Å². The third-order valence-corrected chi connectivity index (χ3v) is 9.84. The summed E-state index contributed by atoms with van der Waals surface area (Å²) >= 11 is 0. The first kappa shape index (κ1) is 29.0. The third kappa shape index (κ3) is 4.88. The molecular weight excluding hydrogens is 621 g/mol. The fraction of sp³-hybridized carbons (Fsp3) is 0. The average Bonchev–Trinajstić information content (AvgIpc) is 3.55. The summed E-state index contributed by atoms with van der Waals surface area (Å²) in [5, 5.41) is 7.21. The first-order chi connectivity index (χ1) is 25.3. The molecule has 8 aromatic carbocycles. The lowest BCUT2D eigenvalue weighted by atomic mass is 10.0. The van der Waals surface area contributed by atoms with Crippen molar-refractivity contribution in [2.45, 2.75) is 0 Å². The van der Waals surface area contributed by atoms with Crippen LogP contribution in [0.2, 0.25) is 0 Å². The lowest BCUT2D eigenvalue weighted by molar-refractivity contribution is 1.08. The summed E-state index contributed by atoms with van der Waals surface area (Å²) in [6.45, 7) is 0. The van der Waals surface area contributed by atoms with Gasteiger partial charge in [0.15, 0.2) is 17.5 Å². The van der Waals surface area contributed by atoms with Crippen LogP contribution >= 0.6 is 0 Å². The molecule has 10 aromatic rings. The van der Waals surface area contributed by atoms with E-state index in [1.54, 1.807) is 0 Å². The normalized spacial score (nSPS) is 11.5. The highest BCUT2D eigenvalue weighted by atomic mass is 15.0. The van der Waals surface area contributed by atoms with E-state index in [0.29, 0.717) is 17.5 Å². The number of benzene rings is 8. The van der Waals surface area contributed by atoms with Crippen LogP contribution in [-0.4, -0.2) is 19.5 Å². The Hall–Kier alpha value is -6.91. The molecular formula is C47H30N4. The minimum atomic E-state index is 0.638. The minimum absolute atomic E-state index is 0.638. The maximum atomic E-state index is 5.18. The smallest absolute Gasteiger partial charge is 0.164 e. The molecule has 0 fully saturated rings. The van der Waals surface area contributed by atoms with Gasteiger partial charge in [-0.05, 0) is 57.6 Å². The van der Waals surface area contributed by atoms with Crippen LogP contribution in [0.5, 0.6) is 0 Å². The minimum Gasteiger partial charge on any atom is -0.309 e. The largest absolute Gasteiger partial charge is 0.309 e. The molecule has 0 radical (unpaired) electrons. The zero-order valence-electron chi connectivity index (χ0n) is 27.6. The van der Waals surface area contributed by atoms with Gasteiger partial charge >= 0.3 is 0 Å². The zero-order chi connectivity index (χ0) is 33.7. The van der Waals surface area contributed by atoms with Crippen LogP contribution in [0, 0.1) is 0 Å². The zero-order valence-corrected chi connectivity index (χ0v) is 27.6. The second-order valence-electron chi connectivity index (χ2n) is 12.8. The summed E-state index contributed by atoms with van der Waals surface area (Å²) in [5.74, 6) is 1.92. The van der Waals surface area contributed by atoms with Crippen LogP contribution < -0.4 is 0 Å². The van der Waals surface area contributed by atoms with Crippen molar-refractivity contribution in [1.29, 1.82) is 0 Å². The molecule has 0 aliphatic heterocycles. The van der Waals surface area contributed by atoms with E-state index < -0.39 is 0 Å². The topological polar surface area (TPSA) is 43.6 Å². The van der Waals surface area contributed by atoms with Crippen molar-refractivity contribution >= 4 is 43.4 Å². The fourth-order valence-corrected chi connectivity index (χ4v) is 7.48. The van der Waals surface area contributed by atoms with Crippen LogP contribution in [-0.2, 0) is 0 Å². The molecule has 0 N–H and O–H groups in total. The first-order valence-electron chi connectivity index (χ1n) is 17.2. The summed E-state index contributed by atoms with van der Waals surface area (Å²) < 4.78 is 2.41. The van der Waals surface area contributed by atoms with Crippen LogP contribution in [0.1, 0.15) is 0 Å². The summed E-state index contributed by atoms with van der Waals surface area (Å²) in [7, 11) is 0. The third-order valence-electron chi connectivity index (χ3n) is 9.84. The van der Waals surface area contributed by atoms with E-state index in [1.165, 1.54) is 32.6 Å². The van der Waals surface area contributed by atoms with Gasteiger partial charge in [0.2, 0.25) is 0 Å². The van der Waals surface area contributed by atoms with Crippen molar-refractivity contribution in [1.82, 2.24) is 19.5 Å². The molecule has 2 aromatic heterocycles. The van der Waals surface area contributed by atoms with Crippen molar-refractivity contribution in [3.8, 4) is 51.0 Å². The van der Waals surface area contributed by atoms with Gasteiger partial charge < -0.3 is 4.57 Å². The quantitative estimate of drug-likeness (QED) is 0.186. The molecule has 0 aliphatic rings. The Labute approximate surface area is 295 Å². The lowest BCUT2D eigenvalue weighted by Crippen LogP contribution is -2.02. The number of nitrogens with zero attached hydrogens (tertiary/aromatic N) is 4. The van der Waals surface area contributed by atoms with Gasteiger partial charge in [0.1, 0.15) is 0 Å². The Morgan fingerprint density at radius 2 is 0.922 bits per heavy atom. The van der Waals surface area contributed by atoms with Gasteiger partial charge in [-0.1, -0.05) is 152 Å². The number of aromatic nitrogens is 4. The molecule has 0 saturated heterocycles. The Morgan fingerprint density at radius 3 is 1.73 bits per heavy atom. The summed E-state index contributed by atoms with van der Waals surface area (Å²) in [6, 6.07) is 63.9. The second-order valence-corrected chi connectivity index (χ2v) is 12.8. The Kier molecular flexibility index (Phi) is 6.78.